The first-order valence-electron chi connectivity index (χ1n) is 8.22. The molecule has 0 aliphatic rings. The van der Waals surface area contributed by atoms with Gasteiger partial charge in [0.2, 0.25) is 15.9 Å². The predicted octanol–water partition coefficient (Wildman–Crippen LogP) is 4.23. The maximum absolute atomic E-state index is 12.5. The Morgan fingerprint density at radius 3 is 2.34 bits per heavy atom. The van der Waals surface area contributed by atoms with Gasteiger partial charge in [-0.15, -0.1) is 0 Å². The topological polar surface area (TPSA) is 92.8 Å². The number of hydrogen-bond acceptors (Lipinski definition) is 5. The van der Waals surface area contributed by atoms with Crippen LogP contribution in [0.2, 0.25) is 15.1 Å². The van der Waals surface area contributed by atoms with Crippen molar-refractivity contribution in [2.75, 3.05) is 29.0 Å². The van der Waals surface area contributed by atoms with Gasteiger partial charge in [-0.2, -0.15) is 0 Å². The van der Waals surface area contributed by atoms with Crippen LogP contribution >= 0.6 is 34.8 Å². The van der Waals surface area contributed by atoms with Crippen molar-refractivity contribution in [1.82, 2.24) is 0 Å². The predicted molar refractivity (Wildman–Crippen MR) is 115 cm³/mol. The zero-order valence-corrected chi connectivity index (χ0v) is 18.5. The molecular formula is C18H17Cl3N2O5S. The Kier molecular flexibility index (Phi) is 7.76. The number of ether oxygens (including phenoxy) is 1. The van der Waals surface area contributed by atoms with Crippen LogP contribution in [-0.2, 0) is 19.6 Å². The number of hydrogen-bond donors (Lipinski definition) is 1. The van der Waals surface area contributed by atoms with E-state index in [1.54, 1.807) is 6.92 Å². The fourth-order valence-corrected chi connectivity index (χ4v) is 3.86. The van der Waals surface area contributed by atoms with Gasteiger partial charge in [0.05, 0.1) is 39.8 Å². The molecule has 2 aromatic rings. The van der Waals surface area contributed by atoms with Crippen LogP contribution in [0.4, 0.5) is 11.4 Å². The Labute approximate surface area is 183 Å². The maximum Gasteiger partial charge on any atom is 0.338 e. The lowest BCUT2D eigenvalue weighted by Crippen LogP contribution is -2.37. The molecule has 0 aromatic heterocycles. The molecule has 0 aliphatic heterocycles. The molecule has 2 rings (SSSR count). The van der Waals surface area contributed by atoms with Crippen LogP contribution in [0, 0.1) is 0 Å². The molecule has 0 radical (unpaired) electrons. The molecule has 0 saturated heterocycles. The first-order chi connectivity index (χ1) is 13.5. The minimum absolute atomic E-state index is 0.0700. The van der Waals surface area contributed by atoms with E-state index in [9.17, 15) is 18.0 Å². The number of sulfonamides is 1. The van der Waals surface area contributed by atoms with Crippen molar-refractivity contribution < 1.29 is 22.7 Å². The Morgan fingerprint density at radius 2 is 1.76 bits per heavy atom. The van der Waals surface area contributed by atoms with Crippen LogP contribution in [0.25, 0.3) is 0 Å². The molecule has 2 aromatic carbocycles. The number of carbonyl (C=O) groups is 2. The molecular weight excluding hydrogens is 463 g/mol. The summed E-state index contributed by atoms with van der Waals surface area (Å²) in [5, 5.41) is 2.98. The molecule has 29 heavy (non-hydrogen) atoms. The molecule has 11 heteroatoms. The zero-order chi connectivity index (χ0) is 21.8. The molecule has 0 saturated carbocycles. The average Bonchev–Trinajstić information content (AvgIpc) is 2.63. The number of benzene rings is 2. The van der Waals surface area contributed by atoms with E-state index in [0.29, 0.717) is 0 Å². The summed E-state index contributed by atoms with van der Waals surface area (Å²) in [6.45, 7) is 1.32. The first-order valence-corrected chi connectivity index (χ1v) is 11.2. The monoisotopic (exact) mass is 478 g/mol. The summed E-state index contributed by atoms with van der Waals surface area (Å²) in [5.41, 5.74) is 0.495. The Hall–Kier alpha value is -2.00. The van der Waals surface area contributed by atoms with Gasteiger partial charge in [-0.05, 0) is 43.3 Å². The van der Waals surface area contributed by atoms with Gasteiger partial charge in [0, 0.05) is 5.02 Å². The zero-order valence-electron chi connectivity index (χ0n) is 15.4. The number of amides is 1. The molecule has 0 unspecified atom stereocenters. The largest absolute Gasteiger partial charge is 0.462 e. The van der Waals surface area contributed by atoms with Crippen molar-refractivity contribution in [2.45, 2.75) is 6.92 Å². The third-order valence-corrected chi connectivity index (χ3v) is 5.61. The summed E-state index contributed by atoms with van der Waals surface area (Å²) in [4.78, 5) is 24.2. The highest BCUT2D eigenvalue weighted by molar-refractivity contribution is 7.92. The van der Waals surface area contributed by atoms with E-state index in [1.165, 1.54) is 36.4 Å². The summed E-state index contributed by atoms with van der Waals surface area (Å²) < 4.78 is 30.1. The number of carbonyl (C=O) groups excluding carboxylic acids is 2. The standard InChI is InChI=1S/C18H17Cl3N2O5S/c1-3-28-18(25)11-4-7-15(14(21)8-11)22-17(24)10-23(29(2,26)27)16-9-12(19)5-6-13(16)20/h4-9H,3,10H2,1-2H3,(H,22,24). The number of rotatable bonds is 7. The molecule has 156 valence electrons. The third-order valence-electron chi connectivity index (χ3n) is 3.62. The van der Waals surface area contributed by atoms with E-state index in [1.807, 2.05) is 0 Å². The molecule has 1 N–H and O–H groups in total. The van der Waals surface area contributed by atoms with Crippen molar-refractivity contribution in [2.24, 2.45) is 0 Å². The fraction of sp³-hybridized carbons (Fsp3) is 0.222. The van der Waals surface area contributed by atoms with Crippen LogP contribution in [-0.4, -0.2) is 39.7 Å². The number of nitrogens with one attached hydrogen (secondary N) is 1. The van der Waals surface area contributed by atoms with Crippen molar-refractivity contribution in [3.05, 3.63) is 57.0 Å². The van der Waals surface area contributed by atoms with Gasteiger partial charge < -0.3 is 10.1 Å². The lowest BCUT2D eigenvalue weighted by Gasteiger charge is -2.23. The van der Waals surface area contributed by atoms with Crippen molar-refractivity contribution in [1.29, 1.82) is 0 Å². The van der Waals surface area contributed by atoms with E-state index >= 15 is 0 Å². The average molecular weight is 480 g/mol. The van der Waals surface area contributed by atoms with Crippen molar-refractivity contribution in [3.63, 3.8) is 0 Å². The Morgan fingerprint density at radius 1 is 1.07 bits per heavy atom. The summed E-state index contributed by atoms with van der Waals surface area (Å²) in [7, 11) is -3.84. The van der Waals surface area contributed by atoms with Gasteiger partial charge >= 0.3 is 5.97 Å². The number of halogens is 3. The van der Waals surface area contributed by atoms with E-state index in [-0.39, 0.29) is 38.6 Å². The van der Waals surface area contributed by atoms with E-state index in [2.05, 4.69) is 5.32 Å². The highest BCUT2D eigenvalue weighted by Crippen LogP contribution is 2.31. The summed E-state index contributed by atoms with van der Waals surface area (Å²) in [6, 6.07) is 8.47. The second-order valence-electron chi connectivity index (χ2n) is 5.83. The van der Waals surface area contributed by atoms with Gasteiger partial charge in [-0.3, -0.25) is 9.10 Å². The van der Waals surface area contributed by atoms with E-state index in [4.69, 9.17) is 39.5 Å². The molecule has 0 heterocycles. The van der Waals surface area contributed by atoms with Gasteiger partial charge in [0.1, 0.15) is 6.54 Å². The van der Waals surface area contributed by atoms with E-state index in [0.717, 1.165) is 10.6 Å². The van der Waals surface area contributed by atoms with Crippen LogP contribution in [0.3, 0.4) is 0 Å². The van der Waals surface area contributed by atoms with Crippen molar-refractivity contribution in [3.8, 4) is 0 Å². The Bertz CT molecular complexity index is 1040. The molecule has 0 aliphatic carbocycles. The lowest BCUT2D eigenvalue weighted by atomic mass is 10.2. The number of anilines is 2. The van der Waals surface area contributed by atoms with Crippen LogP contribution in [0.5, 0.6) is 0 Å². The summed E-state index contributed by atoms with van der Waals surface area (Å²) in [5.74, 6) is -1.22. The summed E-state index contributed by atoms with van der Waals surface area (Å²) >= 11 is 18.1. The van der Waals surface area contributed by atoms with Gasteiger partial charge in [-0.1, -0.05) is 34.8 Å². The second kappa shape index (κ2) is 9.67. The quantitative estimate of drug-likeness (QED) is 0.600. The SMILES string of the molecule is CCOC(=O)c1ccc(NC(=O)CN(c2cc(Cl)ccc2Cl)S(C)(=O)=O)c(Cl)c1. The molecule has 7 nitrogen and oxygen atoms in total. The first kappa shape index (κ1) is 23.3. The van der Waals surface area contributed by atoms with Gasteiger partial charge in [-0.25, -0.2) is 13.2 Å². The minimum atomic E-state index is -3.84. The normalized spacial score (nSPS) is 11.1. The van der Waals surface area contributed by atoms with Gasteiger partial charge in [0.15, 0.2) is 0 Å². The maximum atomic E-state index is 12.5. The van der Waals surface area contributed by atoms with E-state index < -0.39 is 28.4 Å². The van der Waals surface area contributed by atoms with Gasteiger partial charge in [0.25, 0.3) is 0 Å². The highest BCUT2D eigenvalue weighted by Gasteiger charge is 2.24. The molecule has 0 atom stereocenters. The van der Waals surface area contributed by atoms with Crippen LogP contribution in [0.1, 0.15) is 17.3 Å². The molecule has 1 amide bonds. The Balaban J connectivity index is 2.23. The lowest BCUT2D eigenvalue weighted by molar-refractivity contribution is -0.114. The molecule has 0 spiro atoms. The summed E-state index contributed by atoms with van der Waals surface area (Å²) in [6.07, 6.45) is 0.943. The number of esters is 1. The fourth-order valence-electron chi connectivity index (χ4n) is 2.34. The van der Waals surface area contributed by atoms with Crippen molar-refractivity contribution >= 4 is 68.1 Å². The smallest absolute Gasteiger partial charge is 0.338 e. The number of nitrogens with zero attached hydrogens (tertiary/aromatic N) is 1. The molecule has 0 fully saturated rings. The minimum Gasteiger partial charge on any atom is -0.462 e. The molecule has 0 bridgehead atoms. The third kappa shape index (κ3) is 6.24. The van der Waals surface area contributed by atoms with Crippen LogP contribution < -0.4 is 9.62 Å². The second-order valence-corrected chi connectivity index (χ2v) is 8.99. The van der Waals surface area contributed by atoms with Crippen LogP contribution in [0.15, 0.2) is 36.4 Å². The highest BCUT2D eigenvalue weighted by atomic mass is 35.5.